The Hall–Kier alpha value is -2.29. The molecule has 0 aliphatic carbocycles. The maximum atomic E-state index is 12.7. The Morgan fingerprint density at radius 2 is 0.903 bits per heavy atom. The molecule has 0 aliphatic rings. The molecule has 0 amide bonds. The summed E-state index contributed by atoms with van der Waals surface area (Å²) in [6.07, 6.45) is 54.2. The summed E-state index contributed by atoms with van der Waals surface area (Å²) in [7, 11) is 1.46. The molecule has 0 bridgehead atoms. The van der Waals surface area contributed by atoms with Gasteiger partial charge in [-0.1, -0.05) is 177 Å². The zero-order chi connectivity index (χ0) is 45.7. The predicted octanol–water partition coefficient (Wildman–Crippen LogP) is 14.8. The summed E-state index contributed by atoms with van der Waals surface area (Å²) in [5.74, 6) is -0.820. The Bertz CT molecular complexity index is 1240. The number of hydrogen-bond acceptors (Lipinski definition) is 7. The summed E-state index contributed by atoms with van der Waals surface area (Å²) in [4.78, 5) is 35.5. The second kappa shape index (κ2) is 43.9. The van der Waals surface area contributed by atoms with Crippen LogP contribution in [-0.2, 0) is 32.7 Å². The largest absolute Gasteiger partial charge is 0.472 e. The van der Waals surface area contributed by atoms with Crippen LogP contribution in [0.2, 0.25) is 0 Å². The fourth-order valence-electron chi connectivity index (χ4n) is 6.59. The van der Waals surface area contributed by atoms with Gasteiger partial charge in [0.2, 0.25) is 0 Å². The molecule has 2 atom stereocenters. The van der Waals surface area contributed by atoms with Crippen LogP contribution in [0.15, 0.2) is 60.8 Å². The normalized spacial score (nSPS) is 14.0. The molecule has 0 aromatic carbocycles. The lowest BCUT2D eigenvalue weighted by molar-refractivity contribution is -0.870. The van der Waals surface area contributed by atoms with Gasteiger partial charge in [0.15, 0.2) is 6.10 Å². The Labute approximate surface area is 381 Å². The van der Waals surface area contributed by atoms with Gasteiger partial charge in [-0.15, -0.1) is 0 Å². The number of quaternary nitrogens is 1. The molecule has 62 heavy (non-hydrogen) atoms. The number of carbonyl (C=O) groups excluding carboxylic acids is 2. The Balaban J connectivity index is 4.24. The van der Waals surface area contributed by atoms with Crippen LogP contribution in [0.3, 0.4) is 0 Å². The van der Waals surface area contributed by atoms with Crippen molar-refractivity contribution in [3.05, 3.63) is 60.8 Å². The Morgan fingerprint density at radius 3 is 1.35 bits per heavy atom. The van der Waals surface area contributed by atoms with Crippen molar-refractivity contribution in [3.8, 4) is 0 Å². The number of hydrogen-bond donors (Lipinski definition) is 1. The third-order valence-electron chi connectivity index (χ3n) is 10.5. The summed E-state index contributed by atoms with van der Waals surface area (Å²) in [6, 6.07) is 0. The van der Waals surface area contributed by atoms with Gasteiger partial charge in [0.05, 0.1) is 27.7 Å². The first-order chi connectivity index (χ1) is 30.0. The van der Waals surface area contributed by atoms with Gasteiger partial charge < -0.3 is 18.9 Å². The van der Waals surface area contributed by atoms with Crippen LogP contribution >= 0.6 is 7.82 Å². The Morgan fingerprint density at radius 1 is 0.500 bits per heavy atom. The number of carbonyl (C=O) groups is 2. The lowest BCUT2D eigenvalue weighted by Crippen LogP contribution is -2.37. The number of rotatable bonds is 45. The quantitative estimate of drug-likeness (QED) is 0.0212. The monoisotopic (exact) mass is 893 g/mol. The van der Waals surface area contributed by atoms with E-state index in [1.807, 2.05) is 21.1 Å². The van der Waals surface area contributed by atoms with Crippen molar-refractivity contribution in [2.24, 2.45) is 0 Å². The van der Waals surface area contributed by atoms with Gasteiger partial charge in [-0.25, -0.2) is 4.57 Å². The zero-order valence-corrected chi connectivity index (χ0v) is 41.5. The molecular formula is C52H95NO8P+. The molecule has 0 aliphatic heterocycles. The van der Waals surface area contributed by atoms with Crippen LogP contribution in [0, 0.1) is 0 Å². The molecule has 0 aromatic heterocycles. The van der Waals surface area contributed by atoms with Gasteiger partial charge >= 0.3 is 19.8 Å². The van der Waals surface area contributed by atoms with Gasteiger partial charge in [-0.3, -0.25) is 18.6 Å². The topological polar surface area (TPSA) is 108 Å². The summed E-state index contributed by atoms with van der Waals surface area (Å²) >= 11 is 0. The van der Waals surface area contributed by atoms with E-state index < -0.39 is 26.5 Å². The number of unbranched alkanes of at least 4 members (excludes halogenated alkanes) is 21. The van der Waals surface area contributed by atoms with E-state index in [2.05, 4.69) is 74.6 Å². The smallest absolute Gasteiger partial charge is 0.462 e. The fourth-order valence-corrected chi connectivity index (χ4v) is 7.33. The summed E-state index contributed by atoms with van der Waals surface area (Å²) in [5, 5.41) is 0. The minimum atomic E-state index is -4.38. The van der Waals surface area contributed by atoms with Crippen molar-refractivity contribution in [1.29, 1.82) is 0 Å². The molecule has 0 saturated heterocycles. The highest BCUT2D eigenvalue weighted by Crippen LogP contribution is 2.43. The highest BCUT2D eigenvalue weighted by Gasteiger charge is 2.27. The number of phosphoric ester groups is 1. The summed E-state index contributed by atoms with van der Waals surface area (Å²) in [5.41, 5.74) is 0. The minimum absolute atomic E-state index is 0.0263. The van der Waals surface area contributed by atoms with Gasteiger partial charge in [-0.05, 0) is 77.0 Å². The first-order valence-corrected chi connectivity index (χ1v) is 26.5. The van der Waals surface area contributed by atoms with E-state index in [4.69, 9.17) is 18.5 Å². The van der Waals surface area contributed by atoms with Crippen LogP contribution < -0.4 is 0 Å². The van der Waals surface area contributed by atoms with Crippen molar-refractivity contribution in [2.45, 2.75) is 213 Å². The number of esters is 2. The number of allylic oxidation sites excluding steroid dienone is 10. The predicted molar refractivity (Wildman–Crippen MR) is 261 cm³/mol. The molecular weight excluding hydrogens is 798 g/mol. The highest BCUT2D eigenvalue weighted by atomic mass is 31.2. The molecule has 360 valence electrons. The molecule has 9 nitrogen and oxygen atoms in total. The van der Waals surface area contributed by atoms with E-state index in [0.29, 0.717) is 17.4 Å². The van der Waals surface area contributed by atoms with Crippen molar-refractivity contribution in [3.63, 3.8) is 0 Å². The summed E-state index contributed by atoms with van der Waals surface area (Å²) < 4.78 is 34.4. The van der Waals surface area contributed by atoms with Crippen LogP contribution in [0.5, 0.6) is 0 Å². The second-order valence-electron chi connectivity index (χ2n) is 17.8. The minimum Gasteiger partial charge on any atom is -0.462 e. The maximum Gasteiger partial charge on any atom is 0.472 e. The van der Waals surface area contributed by atoms with E-state index >= 15 is 0 Å². The number of likely N-dealkylation sites (N-methyl/N-ethyl adjacent to an activating group) is 1. The van der Waals surface area contributed by atoms with Gasteiger partial charge in [-0.2, -0.15) is 0 Å². The van der Waals surface area contributed by atoms with Crippen molar-refractivity contribution in [1.82, 2.24) is 0 Å². The zero-order valence-electron chi connectivity index (χ0n) is 40.6. The average Bonchev–Trinajstić information content (AvgIpc) is 3.23. The van der Waals surface area contributed by atoms with E-state index in [0.717, 1.165) is 89.9 Å². The fraction of sp³-hybridized carbons (Fsp3) is 0.769. The molecule has 1 N–H and O–H groups in total. The Kier molecular flexibility index (Phi) is 42.3. The molecule has 10 heteroatoms. The van der Waals surface area contributed by atoms with Gasteiger partial charge in [0, 0.05) is 12.8 Å². The third kappa shape index (κ3) is 47.2. The molecule has 0 spiro atoms. The van der Waals surface area contributed by atoms with E-state index in [1.54, 1.807) is 0 Å². The first-order valence-electron chi connectivity index (χ1n) is 25.0. The molecule has 0 fully saturated rings. The van der Waals surface area contributed by atoms with Crippen LogP contribution in [0.25, 0.3) is 0 Å². The molecule has 0 aromatic rings. The van der Waals surface area contributed by atoms with Crippen molar-refractivity contribution < 1.29 is 42.1 Å². The second-order valence-corrected chi connectivity index (χ2v) is 19.3. The SMILES string of the molecule is CCC/C=C\C/C=C\CCCCCCCC(=O)OCC(COP(=O)(O)OCC[N+](C)(C)C)OC(=O)CCCCCCCCCCCC/C=C\C/C=C\C/C=C\CCCCCCC. The number of phosphoric acid groups is 1. The third-order valence-corrected chi connectivity index (χ3v) is 11.5. The van der Waals surface area contributed by atoms with E-state index in [-0.39, 0.29) is 32.0 Å². The van der Waals surface area contributed by atoms with Gasteiger partial charge in [0.1, 0.15) is 19.8 Å². The maximum absolute atomic E-state index is 12.7. The lowest BCUT2D eigenvalue weighted by atomic mass is 10.0. The van der Waals surface area contributed by atoms with Crippen LogP contribution in [0.1, 0.15) is 206 Å². The highest BCUT2D eigenvalue weighted by molar-refractivity contribution is 7.47. The lowest BCUT2D eigenvalue weighted by Gasteiger charge is -2.24. The van der Waals surface area contributed by atoms with Crippen molar-refractivity contribution in [2.75, 3.05) is 47.5 Å². The number of nitrogens with zero attached hydrogens (tertiary/aromatic N) is 1. The average molecular weight is 893 g/mol. The number of ether oxygens (including phenoxy) is 2. The molecule has 0 heterocycles. The standard InChI is InChI=1S/C52H94NO8P/c1-6-8-10-12-14-16-18-20-21-22-23-24-25-26-27-28-29-30-31-33-35-37-39-41-43-45-52(55)61-50(49-60-62(56,57)59-47-46-53(3,4)5)48-58-51(54)44-42-40-38-36-34-32-19-17-15-13-11-9-7-2/h11,13,17-20,22-23,25-26,50H,6-10,12,14-16,21,24,27-49H2,1-5H3/p+1/b13-11-,19-17-,20-18-,23-22-,26-25-. The molecule has 2 unspecified atom stereocenters. The molecule has 0 radical (unpaired) electrons. The van der Waals surface area contributed by atoms with Crippen molar-refractivity contribution >= 4 is 19.8 Å². The van der Waals surface area contributed by atoms with Crippen LogP contribution in [0.4, 0.5) is 0 Å². The van der Waals surface area contributed by atoms with Gasteiger partial charge in [0.25, 0.3) is 0 Å². The molecule has 0 saturated carbocycles. The van der Waals surface area contributed by atoms with E-state index in [1.165, 1.54) is 83.5 Å². The summed E-state index contributed by atoms with van der Waals surface area (Å²) in [6.45, 7) is 4.33. The van der Waals surface area contributed by atoms with Crippen LogP contribution in [-0.4, -0.2) is 74.9 Å². The van der Waals surface area contributed by atoms with E-state index in [9.17, 15) is 19.0 Å². The first kappa shape index (κ1) is 59.7. The molecule has 0 rings (SSSR count).